The van der Waals surface area contributed by atoms with Crippen molar-refractivity contribution in [2.75, 3.05) is 0 Å². The van der Waals surface area contributed by atoms with Gasteiger partial charge in [-0.2, -0.15) is 0 Å². The van der Waals surface area contributed by atoms with Gasteiger partial charge in [0.2, 0.25) is 0 Å². The van der Waals surface area contributed by atoms with E-state index in [0.717, 1.165) is 12.8 Å². The van der Waals surface area contributed by atoms with Crippen LogP contribution in [-0.2, 0) is 0 Å². The van der Waals surface area contributed by atoms with Crippen LogP contribution in [0, 0.1) is 0 Å². The lowest BCUT2D eigenvalue weighted by Crippen LogP contribution is -2.47. The summed E-state index contributed by atoms with van der Waals surface area (Å²) >= 11 is 11.9. The minimum absolute atomic E-state index is 0.0269. The number of benzene rings is 1. The highest BCUT2D eigenvalue weighted by Gasteiger charge is 2.29. The molecule has 2 rings (SSSR count). The highest BCUT2D eigenvalue weighted by molar-refractivity contribution is 6.35. The average Bonchev–Trinajstić information content (AvgIpc) is 2.27. The molecule has 0 N–H and O–H groups in total. The van der Waals surface area contributed by atoms with E-state index in [2.05, 4.69) is 13.8 Å². The lowest BCUT2D eigenvalue weighted by atomic mass is 9.96. The molecular weight excluding hydrogens is 269 g/mol. The quantitative estimate of drug-likeness (QED) is 0.749. The summed E-state index contributed by atoms with van der Waals surface area (Å²) in [5, 5.41) is 1.01. The molecule has 2 atom stereocenters. The summed E-state index contributed by atoms with van der Waals surface area (Å²) in [5.74, 6) is 0.0269. The van der Waals surface area contributed by atoms with Gasteiger partial charge in [-0.05, 0) is 51.3 Å². The average molecular weight is 286 g/mol. The molecule has 0 aliphatic carbocycles. The molecule has 18 heavy (non-hydrogen) atoms. The van der Waals surface area contributed by atoms with E-state index in [1.807, 2.05) is 4.90 Å². The number of amides is 1. The Morgan fingerprint density at radius 3 is 2.11 bits per heavy atom. The van der Waals surface area contributed by atoms with E-state index in [4.69, 9.17) is 23.2 Å². The molecule has 0 bridgehead atoms. The summed E-state index contributed by atoms with van der Waals surface area (Å²) in [6, 6.07) is 5.56. The van der Waals surface area contributed by atoms with Gasteiger partial charge in [-0.15, -0.1) is 0 Å². The van der Waals surface area contributed by atoms with Crippen molar-refractivity contribution >= 4 is 29.1 Å². The van der Waals surface area contributed by atoms with E-state index in [0.29, 0.717) is 15.6 Å². The first kappa shape index (κ1) is 13.7. The van der Waals surface area contributed by atoms with Crippen molar-refractivity contribution in [2.45, 2.75) is 45.2 Å². The predicted octanol–water partition coefficient (Wildman–Crippen LogP) is 4.40. The Hall–Kier alpha value is -0.730. The van der Waals surface area contributed by atoms with Gasteiger partial charge in [-0.1, -0.05) is 23.2 Å². The molecule has 98 valence electrons. The second-order valence-electron chi connectivity index (χ2n) is 5.00. The van der Waals surface area contributed by atoms with E-state index in [1.54, 1.807) is 18.2 Å². The third-order valence-electron chi connectivity index (χ3n) is 3.54. The van der Waals surface area contributed by atoms with E-state index in [-0.39, 0.29) is 18.0 Å². The summed E-state index contributed by atoms with van der Waals surface area (Å²) < 4.78 is 0. The molecular formula is C14H17Cl2NO. The number of carbonyl (C=O) groups is 1. The molecule has 2 nitrogen and oxygen atoms in total. The molecule has 1 aromatic carbocycles. The summed E-state index contributed by atoms with van der Waals surface area (Å²) in [5.41, 5.74) is 0.577. The molecule has 1 fully saturated rings. The number of hydrogen-bond acceptors (Lipinski definition) is 1. The number of hydrogen-bond donors (Lipinski definition) is 0. The molecule has 0 unspecified atom stereocenters. The standard InChI is InChI=1S/C14H17Cl2NO/c1-9-4-3-5-10(2)17(9)14(18)11-6-12(15)8-13(16)7-11/h6-10H,3-5H2,1-2H3/t9-,10-/m0/s1. The first-order valence-corrected chi connectivity index (χ1v) is 7.03. The molecule has 1 aliphatic rings. The SMILES string of the molecule is C[C@H]1CCC[C@H](C)N1C(=O)c1cc(Cl)cc(Cl)c1. The molecule has 1 heterocycles. The predicted molar refractivity (Wildman–Crippen MR) is 75.4 cm³/mol. The Balaban J connectivity index is 2.29. The van der Waals surface area contributed by atoms with Gasteiger partial charge in [0.25, 0.3) is 5.91 Å². The van der Waals surface area contributed by atoms with Crippen molar-refractivity contribution in [1.82, 2.24) is 4.90 Å². The molecule has 0 radical (unpaired) electrons. The van der Waals surface area contributed by atoms with Gasteiger partial charge in [-0.25, -0.2) is 0 Å². The Bertz CT molecular complexity index is 431. The van der Waals surface area contributed by atoms with Crippen molar-refractivity contribution in [1.29, 1.82) is 0 Å². The van der Waals surface area contributed by atoms with Crippen molar-refractivity contribution in [3.8, 4) is 0 Å². The van der Waals surface area contributed by atoms with E-state index < -0.39 is 0 Å². The fraction of sp³-hybridized carbons (Fsp3) is 0.500. The van der Waals surface area contributed by atoms with Crippen LogP contribution in [0.2, 0.25) is 10.0 Å². The fourth-order valence-corrected chi connectivity index (χ4v) is 3.17. The topological polar surface area (TPSA) is 20.3 Å². The van der Waals surface area contributed by atoms with Crippen molar-refractivity contribution in [2.24, 2.45) is 0 Å². The Morgan fingerprint density at radius 1 is 1.11 bits per heavy atom. The maximum atomic E-state index is 12.5. The molecule has 0 aromatic heterocycles. The van der Waals surface area contributed by atoms with Crippen LogP contribution >= 0.6 is 23.2 Å². The van der Waals surface area contributed by atoms with Crippen molar-refractivity contribution in [3.63, 3.8) is 0 Å². The molecule has 4 heteroatoms. The normalized spacial score (nSPS) is 24.1. The number of halogens is 2. The van der Waals surface area contributed by atoms with Crippen LogP contribution in [0.15, 0.2) is 18.2 Å². The molecule has 1 aromatic rings. The third-order valence-corrected chi connectivity index (χ3v) is 3.97. The highest BCUT2D eigenvalue weighted by atomic mass is 35.5. The number of likely N-dealkylation sites (tertiary alicyclic amines) is 1. The number of piperidine rings is 1. The molecule has 0 spiro atoms. The number of carbonyl (C=O) groups excluding carboxylic acids is 1. The van der Waals surface area contributed by atoms with Gasteiger partial charge in [0.1, 0.15) is 0 Å². The van der Waals surface area contributed by atoms with Crippen LogP contribution in [0.4, 0.5) is 0 Å². The van der Waals surface area contributed by atoms with Crippen LogP contribution in [0.5, 0.6) is 0 Å². The number of rotatable bonds is 1. The number of nitrogens with zero attached hydrogens (tertiary/aromatic N) is 1. The lowest BCUT2D eigenvalue weighted by molar-refractivity contribution is 0.0511. The van der Waals surface area contributed by atoms with E-state index >= 15 is 0 Å². The van der Waals surface area contributed by atoms with Gasteiger partial charge in [-0.3, -0.25) is 4.79 Å². The zero-order valence-corrected chi connectivity index (χ0v) is 12.1. The van der Waals surface area contributed by atoms with Crippen LogP contribution in [0.3, 0.4) is 0 Å². The second kappa shape index (κ2) is 5.50. The zero-order chi connectivity index (χ0) is 13.3. The van der Waals surface area contributed by atoms with Crippen molar-refractivity contribution in [3.05, 3.63) is 33.8 Å². The maximum absolute atomic E-state index is 12.5. The minimum Gasteiger partial charge on any atom is -0.333 e. The van der Waals surface area contributed by atoms with E-state index in [1.165, 1.54) is 6.42 Å². The fourth-order valence-electron chi connectivity index (χ4n) is 2.65. The minimum atomic E-state index is 0.0269. The third kappa shape index (κ3) is 2.81. The van der Waals surface area contributed by atoms with Crippen LogP contribution in [0.25, 0.3) is 0 Å². The highest BCUT2D eigenvalue weighted by Crippen LogP contribution is 2.26. The Morgan fingerprint density at radius 2 is 1.61 bits per heavy atom. The van der Waals surface area contributed by atoms with Crippen LogP contribution in [-0.4, -0.2) is 22.9 Å². The smallest absolute Gasteiger partial charge is 0.254 e. The van der Waals surface area contributed by atoms with E-state index in [9.17, 15) is 4.79 Å². The van der Waals surface area contributed by atoms with Crippen LogP contribution in [0.1, 0.15) is 43.5 Å². The first-order valence-electron chi connectivity index (χ1n) is 6.28. The molecule has 1 aliphatic heterocycles. The zero-order valence-electron chi connectivity index (χ0n) is 10.6. The molecule has 1 saturated heterocycles. The second-order valence-corrected chi connectivity index (χ2v) is 5.87. The summed E-state index contributed by atoms with van der Waals surface area (Å²) in [4.78, 5) is 14.5. The largest absolute Gasteiger partial charge is 0.333 e. The van der Waals surface area contributed by atoms with Gasteiger partial charge < -0.3 is 4.90 Å². The monoisotopic (exact) mass is 285 g/mol. The summed E-state index contributed by atoms with van der Waals surface area (Å²) in [6.07, 6.45) is 3.30. The van der Waals surface area contributed by atoms with Gasteiger partial charge in [0.05, 0.1) is 0 Å². The van der Waals surface area contributed by atoms with Gasteiger partial charge in [0.15, 0.2) is 0 Å². The molecule has 1 amide bonds. The Labute approximate surface area is 118 Å². The molecule has 0 saturated carbocycles. The van der Waals surface area contributed by atoms with Gasteiger partial charge in [0, 0.05) is 27.7 Å². The first-order chi connectivity index (χ1) is 8.49. The maximum Gasteiger partial charge on any atom is 0.254 e. The van der Waals surface area contributed by atoms with Crippen molar-refractivity contribution < 1.29 is 4.79 Å². The van der Waals surface area contributed by atoms with Crippen LogP contribution < -0.4 is 0 Å². The lowest BCUT2D eigenvalue weighted by Gasteiger charge is -2.39. The summed E-state index contributed by atoms with van der Waals surface area (Å²) in [6.45, 7) is 4.19. The summed E-state index contributed by atoms with van der Waals surface area (Å²) in [7, 11) is 0. The Kier molecular flexibility index (Phi) is 4.18. The van der Waals surface area contributed by atoms with Gasteiger partial charge >= 0.3 is 0 Å².